The number of nitrogens with zero attached hydrogens (tertiary/aromatic N) is 1. The molecular formula is C14H29NO2. The third kappa shape index (κ3) is 3.94. The molecule has 1 unspecified atom stereocenters. The minimum atomic E-state index is -0.449. The van der Waals surface area contributed by atoms with Crippen LogP contribution in [-0.4, -0.2) is 43.0 Å². The van der Waals surface area contributed by atoms with Crippen LogP contribution < -0.4 is 0 Å². The molecule has 0 aromatic heterocycles. The Bertz CT molecular complexity index is 196. The Labute approximate surface area is 106 Å². The lowest BCUT2D eigenvalue weighted by Gasteiger charge is -2.44. The molecule has 3 nitrogen and oxygen atoms in total. The zero-order valence-electron chi connectivity index (χ0n) is 12.0. The third-order valence-electron chi connectivity index (χ3n) is 3.69. The highest BCUT2D eigenvalue weighted by atomic mass is 16.7. The molecule has 0 radical (unpaired) electrons. The zero-order valence-corrected chi connectivity index (χ0v) is 12.0. The number of likely N-dealkylation sites (tertiary alicyclic amines) is 1. The van der Waals surface area contributed by atoms with Crippen LogP contribution in [-0.2, 0) is 9.47 Å². The molecule has 17 heavy (non-hydrogen) atoms. The molecule has 0 N–H and O–H groups in total. The summed E-state index contributed by atoms with van der Waals surface area (Å²) in [5.41, 5.74) is 0. The molecule has 0 saturated carbocycles. The molecular weight excluding hydrogens is 214 g/mol. The molecule has 1 fully saturated rings. The molecule has 1 aliphatic rings. The van der Waals surface area contributed by atoms with Crippen molar-refractivity contribution in [2.24, 2.45) is 0 Å². The number of rotatable bonds is 7. The van der Waals surface area contributed by atoms with Crippen LogP contribution in [0.4, 0.5) is 0 Å². The van der Waals surface area contributed by atoms with Crippen molar-refractivity contribution in [3.63, 3.8) is 0 Å². The molecule has 1 rings (SSSR count). The fraction of sp³-hybridized carbons (Fsp3) is 1.00. The first-order chi connectivity index (χ1) is 8.18. The summed E-state index contributed by atoms with van der Waals surface area (Å²) in [7, 11) is 0. The summed E-state index contributed by atoms with van der Waals surface area (Å²) in [6.45, 7) is 12.2. The van der Waals surface area contributed by atoms with Crippen molar-refractivity contribution >= 4 is 0 Å². The van der Waals surface area contributed by atoms with Crippen molar-refractivity contribution in [3.8, 4) is 0 Å². The van der Waals surface area contributed by atoms with Gasteiger partial charge in [0, 0.05) is 13.2 Å². The Kier molecular flexibility index (Phi) is 6.45. The lowest BCUT2D eigenvalue weighted by molar-refractivity contribution is -0.256. The van der Waals surface area contributed by atoms with E-state index in [2.05, 4.69) is 18.7 Å². The quantitative estimate of drug-likeness (QED) is 0.642. The van der Waals surface area contributed by atoms with Crippen molar-refractivity contribution in [1.82, 2.24) is 4.90 Å². The van der Waals surface area contributed by atoms with Crippen LogP contribution in [0.2, 0.25) is 0 Å². The van der Waals surface area contributed by atoms with Crippen LogP contribution in [0.1, 0.15) is 53.4 Å². The second-order valence-electron chi connectivity index (χ2n) is 4.90. The smallest absolute Gasteiger partial charge is 0.180 e. The Morgan fingerprint density at radius 3 is 1.94 bits per heavy atom. The number of piperidine rings is 1. The Morgan fingerprint density at radius 2 is 1.53 bits per heavy atom. The van der Waals surface area contributed by atoms with E-state index in [0.29, 0.717) is 19.3 Å². The Morgan fingerprint density at radius 1 is 1.00 bits per heavy atom. The number of hydrogen-bond acceptors (Lipinski definition) is 3. The highest BCUT2D eigenvalue weighted by molar-refractivity contribution is 4.85. The minimum absolute atomic E-state index is 0.378. The molecule has 102 valence electrons. The van der Waals surface area contributed by atoms with E-state index in [1.165, 1.54) is 32.4 Å². The van der Waals surface area contributed by atoms with E-state index in [-0.39, 0.29) is 0 Å². The highest BCUT2D eigenvalue weighted by Crippen LogP contribution is 2.27. The first-order valence-corrected chi connectivity index (χ1v) is 7.19. The maximum atomic E-state index is 5.91. The molecule has 0 aromatic carbocycles. The Balaban J connectivity index is 2.71. The first-order valence-electron chi connectivity index (χ1n) is 7.19. The number of hydrogen-bond donors (Lipinski definition) is 0. The van der Waals surface area contributed by atoms with Gasteiger partial charge in [0.25, 0.3) is 0 Å². The molecule has 3 heteroatoms. The predicted molar refractivity (Wildman–Crippen MR) is 71.2 cm³/mol. The van der Waals surface area contributed by atoms with E-state index < -0.39 is 5.79 Å². The largest absolute Gasteiger partial charge is 0.349 e. The summed E-state index contributed by atoms with van der Waals surface area (Å²) in [5, 5.41) is 0. The van der Waals surface area contributed by atoms with Gasteiger partial charge < -0.3 is 9.47 Å². The lowest BCUT2D eigenvalue weighted by atomic mass is 10.00. The maximum absolute atomic E-state index is 5.91. The lowest BCUT2D eigenvalue weighted by Crippen LogP contribution is -2.55. The van der Waals surface area contributed by atoms with Gasteiger partial charge in [0.05, 0.1) is 6.04 Å². The van der Waals surface area contributed by atoms with Gasteiger partial charge in [-0.05, 0) is 53.1 Å². The van der Waals surface area contributed by atoms with Gasteiger partial charge in [-0.2, -0.15) is 0 Å². The first kappa shape index (κ1) is 14.9. The van der Waals surface area contributed by atoms with Crippen molar-refractivity contribution in [2.45, 2.75) is 65.2 Å². The normalized spacial score (nSPS) is 20.5. The molecule has 0 aromatic rings. The second-order valence-corrected chi connectivity index (χ2v) is 4.90. The van der Waals surface area contributed by atoms with Crippen molar-refractivity contribution in [2.75, 3.05) is 26.3 Å². The van der Waals surface area contributed by atoms with E-state index in [1.54, 1.807) is 0 Å². The maximum Gasteiger partial charge on any atom is 0.180 e. The molecule has 1 saturated heterocycles. The van der Waals surface area contributed by atoms with Crippen LogP contribution in [0, 0.1) is 0 Å². The monoisotopic (exact) mass is 243 g/mol. The van der Waals surface area contributed by atoms with Gasteiger partial charge in [-0.15, -0.1) is 0 Å². The van der Waals surface area contributed by atoms with E-state index >= 15 is 0 Å². The van der Waals surface area contributed by atoms with Crippen LogP contribution in [0.25, 0.3) is 0 Å². The summed E-state index contributed by atoms with van der Waals surface area (Å²) in [5.74, 6) is -0.449. The van der Waals surface area contributed by atoms with Gasteiger partial charge >= 0.3 is 0 Å². The van der Waals surface area contributed by atoms with E-state index in [9.17, 15) is 0 Å². The van der Waals surface area contributed by atoms with Crippen molar-refractivity contribution < 1.29 is 9.47 Å². The zero-order chi connectivity index (χ0) is 12.7. The molecule has 1 heterocycles. The molecule has 1 atom stereocenters. The average Bonchev–Trinajstić information content (AvgIpc) is 2.31. The summed E-state index contributed by atoms with van der Waals surface area (Å²) < 4.78 is 11.8. The average molecular weight is 243 g/mol. The van der Waals surface area contributed by atoms with Gasteiger partial charge in [-0.25, -0.2) is 0 Å². The van der Waals surface area contributed by atoms with E-state index in [0.717, 1.165) is 6.42 Å². The summed E-state index contributed by atoms with van der Waals surface area (Å²) >= 11 is 0. The molecule has 0 aliphatic carbocycles. The molecule has 0 amide bonds. The second kappa shape index (κ2) is 7.34. The molecule has 1 aliphatic heterocycles. The topological polar surface area (TPSA) is 21.7 Å². The van der Waals surface area contributed by atoms with Crippen molar-refractivity contribution in [3.05, 3.63) is 0 Å². The van der Waals surface area contributed by atoms with Crippen LogP contribution >= 0.6 is 0 Å². The fourth-order valence-electron chi connectivity index (χ4n) is 3.00. The summed E-state index contributed by atoms with van der Waals surface area (Å²) in [6.07, 6.45) is 5.07. The molecule has 0 bridgehead atoms. The standard InChI is InChI=1S/C14H29NO2/c1-5-13(15-11-9-8-10-12-15)14(4,16-6-2)17-7-3/h13H,5-12H2,1-4H3. The van der Waals surface area contributed by atoms with E-state index in [4.69, 9.17) is 9.47 Å². The van der Waals surface area contributed by atoms with Crippen molar-refractivity contribution in [1.29, 1.82) is 0 Å². The van der Waals surface area contributed by atoms with Gasteiger partial charge in [0.1, 0.15) is 0 Å². The SMILES string of the molecule is CCOC(C)(OCC)C(CC)N1CCCCC1. The van der Waals surface area contributed by atoms with Crippen LogP contribution in [0.3, 0.4) is 0 Å². The van der Waals surface area contributed by atoms with E-state index in [1.807, 2.05) is 13.8 Å². The minimum Gasteiger partial charge on any atom is -0.349 e. The molecule has 0 spiro atoms. The summed E-state index contributed by atoms with van der Waals surface area (Å²) in [4.78, 5) is 2.55. The highest BCUT2D eigenvalue weighted by Gasteiger charge is 2.38. The van der Waals surface area contributed by atoms with Gasteiger partial charge in [0.15, 0.2) is 5.79 Å². The van der Waals surface area contributed by atoms with Gasteiger partial charge in [-0.1, -0.05) is 13.3 Å². The number of ether oxygens (including phenoxy) is 2. The van der Waals surface area contributed by atoms with Gasteiger partial charge in [-0.3, -0.25) is 4.90 Å². The van der Waals surface area contributed by atoms with Gasteiger partial charge in [0.2, 0.25) is 0 Å². The predicted octanol–water partition coefficient (Wildman–Crippen LogP) is 3.04. The summed E-state index contributed by atoms with van der Waals surface area (Å²) in [6, 6.07) is 0.378. The third-order valence-corrected chi connectivity index (χ3v) is 3.69. The van der Waals surface area contributed by atoms with Crippen LogP contribution in [0.5, 0.6) is 0 Å². The fourth-order valence-corrected chi connectivity index (χ4v) is 3.00. The Hall–Kier alpha value is -0.120. The van der Waals surface area contributed by atoms with Crippen LogP contribution in [0.15, 0.2) is 0 Å².